The number of carbonyl (C=O) groups excluding carboxylic acids is 1. The lowest BCUT2D eigenvalue weighted by Crippen LogP contribution is -2.43. The molecule has 1 aliphatic heterocycles. The third kappa shape index (κ3) is 3.26. The zero-order chi connectivity index (χ0) is 15.4. The van der Waals surface area contributed by atoms with Gasteiger partial charge in [0.1, 0.15) is 5.82 Å². The Hall–Kier alpha value is -2.40. The molecule has 3 rings (SSSR count). The van der Waals surface area contributed by atoms with Gasteiger partial charge in [-0.1, -0.05) is 18.2 Å². The minimum absolute atomic E-state index is 0.195. The molecule has 0 aliphatic carbocycles. The molecule has 2 aromatic rings. The summed E-state index contributed by atoms with van der Waals surface area (Å²) in [5, 5.41) is 5.91. The van der Waals surface area contributed by atoms with Crippen molar-refractivity contribution in [3.63, 3.8) is 0 Å². The highest BCUT2D eigenvalue weighted by atomic mass is 19.1. The number of amides is 1. The van der Waals surface area contributed by atoms with E-state index >= 15 is 0 Å². The first-order chi connectivity index (χ1) is 10.7. The van der Waals surface area contributed by atoms with Crippen LogP contribution in [0, 0.1) is 5.82 Å². The van der Waals surface area contributed by atoms with Crippen molar-refractivity contribution in [2.45, 2.75) is 0 Å². The molecule has 1 saturated heterocycles. The number of rotatable bonds is 3. The Morgan fingerprint density at radius 3 is 2.64 bits per heavy atom. The summed E-state index contributed by atoms with van der Waals surface area (Å²) in [4.78, 5) is 14.5. The van der Waals surface area contributed by atoms with Crippen LogP contribution in [0.2, 0.25) is 0 Å². The van der Waals surface area contributed by atoms with Gasteiger partial charge in [-0.25, -0.2) is 4.39 Å². The van der Waals surface area contributed by atoms with Crippen LogP contribution in [0.4, 0.5) is 15.8 Å². The number of hydrogen-bond donors (Lipinski definition) is 2. The van der Waals surface area contributed by atoms with E-state index in [2.05, 4.69) is 15.5 Å². The van der Waals surface area contributed by atoms with Crippen molar-refractivity contribution >= 4 is 17.3 Å². The summed E-state index contributed by atoms with van der Waals surface area (Å²) < 4.78 is 13.6. The van der Waals surface area contributed by atoms with E-state index in [0.717, 1.165) is 31.9 Å². The monoisotopic (exact) mass is 299 g/mol. The van der Waals surface area contributed by atoms with Gasteiger partial charge in [0.25, 0.3) is 5.91 Å². The third-order valence-corrected chi connectivity index (χ3v) is 3.71. The van der Waals surface area contributed by atoms with Crippen molar-refractivity contribution in [3.8, 4) is 0 Å². The zero-order valence-electron chi connectivity index (χ0n) is 12.2. The molecule has 1 aliphatic rings. The van der Waals surface area contributed by atoms with Gasteiger partial charge in [0, 0.05) is 37.4 Å². The predicted molar refractivity (Wildman–Crippen MR) is 85.9 cm³/mol. The zero-order valence-corrected chi connectivity index (χ0v) is 12.2. The molecule has 0 saturated carbocycles. The average molecular weight is 299 g/mol. The highest BCUT2D eigenvalue weighted by molar-refractivity contribution is 6.04. The molecule has 2 aromatic carbocycles. The van der Waals surface area contributed by atoms with Gasteiger partial charge in [0.2, 0.25) is 0 Å². The Morgan fingerprint density at radius 1 is 1.09 bits per heavy atom. The Labute approximate surface area is 128 Å². The number of piperazine rings is 1. The highest BCUT2D eigenvalue weighted by Crippen LogP contribution is 2.19. The van der Waals surface area contributed by atoms with Crippen LogP contribution in [0.15, 0.2) is 48.5 Å². The van der Waals surface area contributed by atoms with Crippen molar-refractivity contribution < 1.29 is 9.18 Å². The molecule has 1 heterocycles. The Bertz CT molecular complexity index is 668. The van der Waals surface area contributed by atoms with Crippen LogP contribution in [0.1, 0.15) is 10.4 Å². The van der Waals surface area contributed by atoms with Gasteiger partial charge in [-0.15, -0.1) is 0 Å². The van der Waals surface area contributed by atoms with Crippen molar-refractivity contribution in [2.24, 2.45) is 0 Å². The topological polar surface area (TPSA) is 44.4 Å². The number of benzene rings is 2. The van der Waals surface area contributed by atoms with Crippen LogP contribution in [-0.4, -0.2) is 32.1 Å². The number of anilines is 2. The molecule has 114 valence electrons. The summed E-state index contributed by atoms with van der Waals surface area (Å²) in [5.74, 6) is -0.740. The lowest BCUT2D eigenvalue weighted by molar-refractivity contribution is 0.102. The molecule has 0 bridgehead atoms. The van der Waals surface area contributed by atoms with E-state index in [9.17, 15) is 9.18 Å². The molecule has 1 fully saturated rings. The van der Waals surface area contributed by atoms with Gasteiger partial charge < -0.3 is 15.5 Å². The van der Waals surface area contributed by atoms with E-state index in [1.165, 1.54) is 6.07 Å². The predicted octanol–water partition coefficient (Wildman–Crippen LogP) is 2.49. The quantitative estimate of drug-likeness (QED) is 0.915. The maximum Gasteiger partial charge on any atom is 0.255 e. The second-order valence-electron chi connectivity index (χ2n) is 5.22. The summed E-state index contributed by atoms with van der Waals surface area (Å²) in [6.45, 7) is 3.70. The van der Waals surface area contributed by atoms with Crippen molar-refractivity contribution in [1.29, 1.82) is 0 Å². The largest absolute Gasteiger partial charge is 0.369 e. The van der Waals surface area contributed by atoms with Crippen molar-refractivity contribution in [2.75, 3.05) is 36.4 Å². The van der Waals surface area contributed by atoms with Crippen molar-refractivity contribution in [1.82, 2.24) is 5.32 Å². The average Bonchev–Trinajstić information content (AvgIpc) is 2.58. The molecule has 4 nitrogen and oxygen atoms in total. The molecular weight excluding hydrogens is 281 g/mol. The Kier molecular flexibility index (Phi) is 4.34. The van der Waals surface area contributed by atoms with Crippen LogP contribution >= 0.6 is 0 Å². The molecule has 0 spiro atoms. The lowest BCUT2D eigenvalue weighted by atomic mass is 10.1. The summed E-state index contributed by atoms with van der Waals surface area (Å²) >= 11 is 0. The fourth-order valence-electron chi connectivity index (χ4n) is 2.52. The summed E-state index contributed by atoms with van der Waals surface area (Å²) in [6.07, 6.45) is 0. The third-order valence-electron chi connectivity index (χ3n) is 3.71. The van der Waals surface area contributed by atoms with Gasteiger partial charge in [-0.3, -0.25) is 4.79 Å². The van der Waals surface area contributed by atoms with Gasteiger partial charge >= 0.3 is 0 Å². The maximum atomic E-state index is 13.6. The highest BCUT2D eigenvalue weighted by Gasteiger charge is 2.13. The molecule has 1 amide bonds. The summed E-state index contributed by atoms with van der Waals surface area (Å²) in [6, 6.07) is 13.6. The van der Waals surface area contributed by atoms with Gasteiger partial charge in [-0.2, -0.15) is 0 Å². The van der Waals surface area contributed by atoms with Crippen LogP contribution in [0.25, 0.3) is 0 Å². The van der Waals surface area contributed by atoms with E-state index in [1.807, 2.05) is 18.2 Å². The molecule has 5 heteroatoms. The van der Waals surface area contributed by atoms with Crippen LogP contribution in [0.3, 0.4) is 0 Å². The molecule has 0 aromatic heterocycles. The van der Waals surface area contributed by atoms with Crippen molar-refractivity contribution in [3.05, 3.63) is 59.9 Å². The van der Waals surface area contributed by atoms with E-state index in [0.29, 0.717) is 5.56 Å². The minimum atomic E-state index is -0.436. The molecule has 2 N–H and O–H groups in total. The molecule has 0 radical (unpaired) electrons. The van der Waals surface area contributed by atoms with Crippen LogP contribution < -0.4 is 15.5 Å². The van der Waals surface area contributed by atoms with Gasteiger partial charge in [0.05, 0.1) is 5.69 Å². The number of carbonyl (C=O) groups is 1. The molecule has 0 unspecified atom stereocenters. The SMILES string of the molecule is O=C(Nc1ccccc1F)c1cccc(N2CCNCC2)c1. The number of halogens is 1. The van der Waals surface area contributed by atoms with Crippen LogP contribution in [0.5, 0.6) is 0 Å². The van der Waals surface area contributed by atoms with Crippen LogP contribution in [-0.2, 0) is 0 Å². The molecule has 0 atom stereocenters. The van der Waals surface area contributed by atoms with E-state index in [-0.39, 0.29) is 11.6 Å². The standard InChI is InChI=1S/C17H18FN3O/c18-15-6-1-2-7-16(15)20-17(22)13-4-3-5-14(12-13)21-10-8-19-9-11-21/h1-7,12,19H,8-11H2,(H,20,22). The minimum Gasteiger partial charge on any atom is -0.369 e. The molecule has 22 heavy (non-hydrogen) atoms. The first-order valence-electron chi connectivity index (χ1n) is 7.35. The Morgan fingerprint density at radius 2 is 1.86 bits per heavy atom. The maximum absolute atomic E-state index is 13.6. The van der Waals surface area contributed by atoms with E-state index in [4.69, 9.17) is 0 Å². The fourth-order valence-corrected chi connectivity index (χ4v) is 2.52. The lowest BCUT2D eigenvalue weighted by Gasteiger charge is -2.29. The number of hydrogen-bond acceptors (Lipinski definition) is 3. The van der Waals surface area contributed by atoms with E-state index < -0.39 is 5.82 Å². The Balaban J connectivity index is 1.76. The smallest absolute Gasteiger partial charge is 0.255 e. The number of para-hydroxylation sites is 1. The number of nitrogens with one attached hydrogen (secondary N) is 2. The van der Waals surface area contributed by atoms with E-state index in [1.54, 1.807) is 24.3 Å². The first-order valence-corrected chi connectivity index (χ1v) is 7.35. The van der Waals surface area contributed by atoms with Gasteiger partial charge in [-0.05, 0) is 30.3 Å². The number of nitrogens with zero attached hydrogens (tertiary/aromatic N) is 1. The normalized spacial score (nSPS) is 14.7. The fraction of sp³-hybridized carbons (Fsp3) is 0.235. The summed E-state index contributed by atoms with van der Waals surface area (Å²) in [7, 11) is 0. The summed E-state index contributed by atoms with van der Waals surface area (Å²) in [5.41, 5.74) is 1.74. The van der Waals surface area contributed by atoms with Gasteiger partial charge in [0.15, 0.2) is 0 Å². The molecular formula is C17H18FN3O. The second-order valence-corrected chi connectivity index (χ2v) is 5.22. The first kappa shape index (κ1) is 14.5. The second kappa shape index (κ2) is 6.58.